The van der Waals surface area contributed by atoms with Crippen LogP contribution in [0.5, 0.6) is 0 Å². The average molecular weight is 384 g/mol. The molecule has 2 aromatic heterocycles. The van der Waals surface area contributed by atoms with Crippen molar-refractivity contribution in [3.63, 3.8) is 0 Å². The third-order valence-corrected chi connectivity index (χ3v) is 4.43. The van der Waals surface area contributed by atoms with Crippen LogP contribution in [0.2, 0.25) is 10.2 Å². The molecule has 0 aliphatic carbocycles. The third-order valence-electron chi connectivity index (χ3n) is 4.00. The molecule has 2 aromatic carbocycles. The molecule has 0 saturated carbocycles. The summed E-state index contributed by atoms with van der Waals surface area (Å²) < 4.78 is 1.91. The minimum absolute atomic E-state index is 0.341. The van der Waals surface area contributed by atoms with Gasteiger partial charge < -0.3 is 5.32 Å². The molecule has 7 heteroatoms. The normalized spacial score (nSPS) is 11.1. The van der Waals surface area contributed by atoms with Crippen molar-refractivity contribution in [3.8, 4) is 5.82 Å². The molecule has 0 radical (unpaired) electrons. The van der Waals surface area contributed by atoms with Crippen LogP contribution in [0, 0.1) is 13.8 Å². The van der Waals surface area contributed by atoms with E-state index >= 15 is 0 Å². The minimum Gasteiger partial charge on any atom is -0.324 e. The van der Waals surface area contributed by atoms with Gasteiger partial charge in [0.2, 0.25) is 5.95 Å². The zero-order chi connectivity index (χ0) is 18.3. The molecule has 4 rings (SSSR count). The first kappa shape index (κ1) is 16.8. The molecule has 0 amide bonds. The maximum absolute atomic E-state index is 6.24. The fourth-order valence-electron chi connectivity index (χ4n) is 2.80. The highest BCUT2D eigenvalue weighted by atomic mass is 35.5. The van der Waals surface area contributed by atoms with E-state index in [1.807, 2.05) is 60.9 Å². The first-order valence-corrected chi connectivity index (χ1v) is 8.78. The Hall–Kier alpha value is -2.63. The van der Waals surface area contributed by atoms with E-state index in [2.05, 4.69) is 20.3 Å². The van der Waals surface area contributed by atoms with Crippen molar-refractivity contribution < 1.29 is 0 Å². The zero-order valence-corrected chi connectivity index (χ0v) is 15.7. The summed E-state index contributed by atoms with van der Waals surface area (Å²) in [4.78, 5) is 13.4. The van der Waals surface area contributed by atoms with Gasteiger partial charge in [0.15, 0.2) is 0 Å². The summed E-state index contributed by atoms with van der Waals surface area (Å²) in [5, 5.41) is 4.16. The molecule has 1 N–H and O–H groups in total. The summed E-state index contributed by atoms with van der Waals surface area (Å²) in [5.74, 6) is 1.83. The van der Waals surface area contributed by atoms with Crippen LogP contribution >= 0.6 is 23.2 Å². The maximum Gasteiger partial charge on any atom is 0.230 e. The second-order valence-electron chi connectivity index (χ2n) is 5.99. The fourth-order valence-corrected chi connectivity index (χ4v) is 3.14. The highest BCUT2D eigenvalue weighted by molar-refractivity contribution is 6.31. The van der Waals surface area contributed by atoms with Crippen LogP contribution in [0.25, 0.3) is 16.9 Å². The van der Waals surface area contributed by atoms with Gasteiger partial charge in [-0.15, -0.1) is 0 Å². The maximum atomic E-state index is 6.24. The Morgan fingerprint density at radius 3 is 2.42 bits per heavy atom. The van der Waals surface area contributed by atoms with Crippen LogP contribution in [0.15, 0.2) is 48.5 Å². The SMILES string of the molecule is Cc1ccc(Nc2nc(Cl)cc(-n3c(C)nc4ccc(Cl)cc43)n2)cc1. The lowest BCUT2D eigenvalue weighted by molar-refractivity contribution is 0.945. The number of nitrogens with one attached hydrogen (secondary N) is 1. The number of rotatable bonds is 3. The van der Waals surface area contributed by atoms with Crippen molar-refractivity contribution >= 4 is 45.9 Å². The predicted octanol–water partition coefficient (Wildman–Crippen LogP) is 5.48. The lowest BCUT2D eigenvalue weighted by atomic mass is 10.2. The molecular formula is C19H15Cl2N5. The van der Waals surface area contributed by atoms with Crippen LogP contribution in [-0.4, -0.2) is 19.5 Å². The molecule has 4 aromatic rings. The summed E-state index contributed by atoms with van der Waals surface area (Å²) in [7, 11) is 0. The van der Waals surface area contributed by atoms with Gasteiger partial charge in [-0.25, -0.2) is 9.97 Å². The number of hydrogen-bond acceptors (Lipinski definition) is 4. The molecule has 0 aliphatic heterocycles. The number of aromatic nitrogens is 4. The number of anilines is 2. The zero-order valence-electron chi connectivity index (χ0n) is 14.2. The Morgan fingerprint density at radius 1 is 0.885 bits per heavy atom. The number of fused-ring (bicyclic) bond motifs is 1. The van der Waals surface area contributed by atoms with Crippen molar-refractivity contribution in [1.82, 2.24) is 19.5 Å². The topological polar surface area (TPSA) is 55.6 Å². The number of nitrogens with zero attached hydrogens (tertiary/aromatic N) is 4. The van der Waals surface area contributed by atoms with E-state index in [1.54, 1.807) is 6.07 Å². The van der Waals surface area contributed by atoms with E-state index in [-0.39, 0.29) is 0 Å². The Balaban J connectivity index is 1.80. The summed E-state index contributed by atoms with van der Waals surface area (Å²) >= 11 is 12.4. The van der Waals surface area contributed by atoms with Crippen molar-refractivity contribution in [3.05, 3.63) is 70.1 Å². The fraction of sp³-hybridized carbons (Fsp3) is 0.105. The predicted molar refractivity (Wildman–Crippen MR) is 106 cm³/mol. The lowest BCUT2D eigenvalue weighted by Gasteiger charge is -2.10. The van der Waals surface area contributed by atoms with Gasteiger partial charge in [-0.1, -0.05) is 40.9 Å². The Bertz CT molecular complexity index is 1100. The average Bonchev–Trinajstić information content (AvgIpc) is 2.91. The standard InChI is InChI=1S/C19H15Cl2N5/c1-11-3-6-14(7-4-11)23-19-24-17(21)10-18(25-19)26-12(2)22-15-8-5-13(20)9-16(15)26/h3-10H,1-2H3,(H,23,24,25). The third kappa shape index (κ3) is 3.23. The molecule has 26 heavy (non-hydrogen) atoms. The Kier molecular flexibility index (Phi) is 4.26. The van der Waals surface area contributed by atoms with Gasteiger partial charge >= 0.3 is 0 Å². The molecule has 5 nitrogen and oxygen atoms in total. The van der Waals surface area contributed by atoms with Gasteiger partial charge in [-0.2, -0.15) is 4.98 Å². The van der Waals surface area contributed by atoms with Gasteiger partial charge in [-0.3, -0.25) is 4.57 Å². The van der Waals surface area contributed by atoms with Crippen molar-refractivity contribution in [1.29, 1.82) is 0 Å². The summed E-state index contributed by atoms with van der Waals surface area (Å²) in [6, 6.07) is 15.2. The highest BCUT2D eigenvalue weighted by Crippen LogP contribution is 2.25. The summed E-state index contributed by atoms with van der Waals surface area (Å²) in [6.07, 6.45) is 0. The summed E-state index contributed by atoms with van der Waals surface area (Å²) in [5.41, 5.74) is 3.78. The van der Waals surface area contributed by atoms with E-state index in [0.29, 0.717) is 21.9 Å². The minimum atomic E-state index is 0.341. The lowest BCUT2D eigenvalue weighted by Crippen LogP contribution is -2.05. The second-order valence-corrected chi connectivity index (χ2v) is 6.81. The number of benzene rings is 2. The summed E-state index contributed by atoms with van der Waals surface area (Å²) in [6.45, 7) is 3.95. The molecule has 0 aliphatic rings. The first-order chi connectivity index (χ1) is 12.5. The number of aryl methyl sites for hydroxylation is 2. The van der Waals surface area contributed by atoms with E-state index in [0.717, 1.165) is 22.5 Å². The highest BCUT2D eigenvalue weighted by Gasteiger charge is 2.13. The molecule has 2 heterocycles. The number of hydrogen-bond donors (Lipinski definition) is 1. The molecule has 0 unspecified atom stereocenters. The molecule has 0 bridgehead atoms. The number of imidazole rings is 1. The van der Waals surface area contributed by atoms with Crippen molar-refractivity contribution in [2.45, 2.75) is 13.8 Å². The van der Waals surface area contributed by atoms with Crippen LogP contribution in [-0.2, 0) is 0 Å². The quantitative estimate of drug-likeness (QED) is 0.475. The molecular weight excluding hydrogens is 369 g/mol. The van der Waals surface area contributed by atoms with Crippen LogP contribution in [0.3, 0.4) is 0 Å². The molecule has 0 atom stereocenters. The Morgan fingerprint density at radius 2 is 1.65 bits per heavy atom. The second kappa shape index (κ2) is 6.59. The monoisotopic (exact) mass is 383 g/mol. The van der Waals surface area contributed by atoms with Crippen LogP contribution in [0.1, 0.15) is 11.4 Å². The van der Waals surface area contributed by atoms with Crippen LogP contribution < -0.4 is 5.32 Å². The van der Waals surface area contributed by atoms with E-state index in [9.17, 15) is 0 Å². The van der Waals surface area contributed by atoms with Gasteiger partial charge in [0.25, 0.3) is 0 Å². The van der Waals surface area contributed by atoms with Gasteiger partial charge in [-0.05, 0) is 44.2 Å². The smallest absolute Gasteiger partial charge is 0.230 e. The van der Waals surface area contributed by atoms with Crippen molar-refractivity contribution in [2.24, 2.45) is 0 Å². The van der Waals surface area contributed by atoms with E-state index < -0.39 is 0 Å². The van der Waals surface area contributed by atoms with Crippen LogP contribution in [0.4, 0.5) is 11.6 Å². The Labute approximate surface area is 160 Å². The first-order valence-electron chi connectivity index (χ1n) is 8.03. The van der Waals surface area contributed by atoms with Crippen molar-refractivity contribution in [2.75, 3.05) is 5.32 Å². The number of halogens is 2. The molecule has 0 fully saturated rings. The van der Waals surface area contributed by atoms with Gasteiger partial charge in [0.1, 0.15) is 16.8 Å². The molecule has 0 saturated heterocycles. The van der Waals surface area contributed by atoms with Gasteiger partial charge in [0.05, 0.1) is 11.0 Å². The van der Waals surface area contributed by atoms with E-state index in [4.69, 9.17) is 23.2 Å². The molecule has 130 valence electrons. The van der Waals surface area contributed by atoms with Gasteiger partial charge in [0, 0.05) is 16.8 Å². The largest absolute Gasteiger partial charge is 0.324 e. The van der Waals surface area contributed by atoms with E-state index in [1.165, 1.54) is 5.56 Å². The molecule has 0 spiro atoms.